The zero-order valence-electron chi connectivity index (χ0n) is 16.1. The molecule has 0 unspecified atom stereocenters. The number of benzene rings is 1. The first kappa shape index (κ1) is 19.8. The largest absolute Gasteiger partial charge is 0.351 e. The van der Waals surface area contributed by atoms with Gasteiger partial charge in [-0.15, -0.1) is 0 Å². The van der Waals surface area contributed by atoms with E-state index in [1.54, 1.807) is 6.07 Å². The summed E-state index contributed by atoms with van der Waals surface area (Å²) in [5.74, 6) is 0.713. The quantitative estimate of drug-likeness (QED) is 0.669. The highest BCUT2D eigenvalue weighted by Gasteiger charge is 2.26. The highest BCUT2D eigenvalue weighted by atomic mass is 35.5. The molecule has 4 rings (SSSR count). The lowest BCUT2D eigenvalue weighted by molar-refractivity contribution is 0.0944. The minimum absolute atomic E-state index is 0.0484. The number of halogens is 2. The summed E-state index contributed by atoms with van der Waals surface area (Å²) < 4.78 is 1.88. The van der Waals surface area contributed by atoms with Gasteiger partial charge in [0.25, 0.3) is 5.91 Å². The summed E-state index contributed by atoms with van der Waals surface area (Å²) in [7, 11) is 0. The molecule has 0 radical (unpaired) electrons. The van der Waals surface area contributed by atoms with Crippen LogP contribution < -0.4 is 5.32 Å². The van der Waals surface area contributed by atoms with E-state index < -0.39 is 0 Å². The lowest BCUT2D eigenvalue weighted by Gasteiger charge is -2.21. The van der Waals surface area contributed by atoms with Crippen LogP contribution >= 0.6 is 23.2 Å². The molecule has 1 fully saturated rings. The average Bonchev–Trinajstić information content (AvgIpc) is 3.11. The van der Waals surface area contributed by atoms with Gasteiger partial charge >= 0.3 is 0 Å². The molecule has 4 nitrogen and oxygen atoms in total. The SMILES string of the molecule is O=C(NCCC1CCCCC1)c1nn(-c2ccc(Cl)c(Cl)c2)c2c1CCCC2. The van der Waals surface area contributed by atoms with Crippen molar-refractivity contribution in [1.29, 1.82) is 0 Å². The normalized spacial score (nSPS) is 17.4. The molecule has 0 atom stereocenters. The van der Waals surface area contributed by atoms with Crippen LogP contribution in [0.1, 0.15) is 73.1 Å². The fourth-order valence-corrected chi connectivity index (χ4v) is 4.85. The van der Waals surface area contributed by atoms with Crippen molar-refractivity contribution in [3.8, 4) is 5.69 Å². The van der Waals surface area contributed by atoms with E-state index in [0.717, 1.165) is 61.5 Å². The van der Waals surface area contributed by atoms with E-state index >= 15 is 0 Å². The molecule has 1 aromatic heterocycles. The zero-order chi connectivity index (χ0) is 19.5. The van der Waals surface area contributed by atoms with E-state index in [9.17, 15) is 4.79 Å². The molecule has 6 heteroatoms. The Kier molecular flexibility index (Phi) is 6.27. The number of hydrogen-bond donors (Lipinski definition) is 1. The van der Waals surface area contributed by atoms with Gasteiger partial charge < -0.3 is 5.32 Å². The lowest BCUT2D eigenvalue weighted by Crippen LogP contribution is -2.27. The van der Waals surface area contributed by atoms with Crippen molar-refractivity contribution in [3.63, 3.8) is 0 Å². The fraction of sp³-hybridized carbons (Fsp3) is 0.545. The summed E-state index contributed by atoms with van der Waals surface area (Å²) in [6.07, 6.45) is 11.8. The van der Waals surface area contributed by atoms with Gasteiger partial charge in [0.2, 0.25) is 0 Å². The van der Waals surface area contributed by atoms with E-state index in [1.165, 1.54) is 32.1 Å². The van der Waals surface area contributed by atoms with Gasteiger partial charge in [-0.3, -0.25) is 4.79 Å². The second kappa shape index (κ2) is 8.87. The van der Waals surface area contributed by atoms with Crippen LogP contribution in [0.2, 0.25) is 10.0 Å². The molecule has 2 aliphatic carbocycles. The molecule has 1 aromatic carbocycles. The van der Waals surface area contributed by atoms with Gasteiger partial charge in [-0.05, 0) is 56.2 Å². The molecular weight excluding hydrogens is 393 g/mol. The Balaban J connectivity index is 1.52. The molecule has 0 saturated heterocycles. The van der Waals surface area contributed by atoms with Crippen molar-refractivity contribution >= 4 is 29.1 Å². The van der Waals surface area contributed by atoms with Crippen LogP contribution in [0.15, 0.2) is 18.2 Å². The Morgan fingerprint density at radius 1 is 1.07 bits per heavy atom. The number of nitrogens with one attached hydrogen (secondary N) is 1. The van der Waals surface area contributed by atoms with Gasteiger partial charge in [-0.2, -0.15) is 5.10 Å². The van der Waals surface area contributed by atoms with E-state index in [0.29, 0.717) is 15.7 Å². The maximum atomic E-state index is 12.9. The second-order valence-corrected chi connectivity index (χ2v) is 8.85. The fourth-order valence-electron chi connectivity index (χ4n) is 4.56. The summed E-state index contributed by atoms with van der Waals surface area (Å²) in [6.45, 7) is 0.734. The predicted octanol–water partition coefficient (Wildman–Crippen LogP) is 5.76. The first-order chi connectivity index (χ1) is 13.6. The third kappa shape index (κ3) is 4.23. The third-order valence-electron chi connectivity index (χ3n) is 6.11. The summed E-state index contributed by atoms with van der Waals surface area (Å²) in [5, 5.41) is 8.84. The van der Waals surface area contributed by atoms with Crippen molar-refractivity contribution in [2.45, 2.75) is 64.2 Å². The van der Waals surface area contributed by atoms with Crippen LogP contribution in [0.4, 0.5) is 0 Å². The summed E-state index contributed by atoms with van der Waals surface area (Å²) >= 11 is 12.3. The molecule has 1 saturated carbocycles. The van der Waals surface area contributed by atoms with Crippen molar-refractivity contribution in [3.05, 3.63) is 45.2 Å². The molecule has 0 aliphatic heterocycles. The van der Waals surface area contributed by atoms with Crippen molar-refractivity contribution in [2.75, 3.05) is 6.54 Å². The number of aromatic nitrogens is 2. The first-order valence-corrected chi connectivity index (χ1v) is 11.2. The molecule has 28 heavy (non-hydrogen) atoms. The van der Waals surface area contributed by atoms with Crippen molar-refractivity contribution < 1.29 is 4.79 Å². The van der Waals surface area contributed by atoms with Crippen molar-refractivity contribution in [2.24, 2.45) is 5.92 Å². The summed E-state index contributed by atoms with van der Waals surface area (Å²) in [6, 6.07) is 5.50. The van der Waals surface area contributed by atoms with Gasteiger partial charge in [0.15, 0.2) is 5.69 Å². The number of hydrogen-bond acceptors (Lipinski definition) is 2. The Morgan fingerprint density at radius 3 is 2.64 bits per heavy atom. The first-order valence-electron chi connectivity index (χ1n) is 10.5. The number of amides is 1. The Bertz CT molecular complexity index is 856. The van der Waals surface area contributed by atoms with Crippen molar-refractivity contribution in [1.82, 2.24) is 15.1 Å². The second-order valence-electron chi connectivity index (χ2n) is 8.04. The highest BCUT2D eigenvalue weighted by Crippen LogP contribution is 2.30. The number of carbonyl (C=O) groups is 1. The number of nitrogens with zero attached hydrogens (tertiary/aromatic N) is 2. The molecule has 1 N–H and O–H groups in total. The monoisotopic (exact) mass is 419 g/mol. The topological polar surface area (TPSA) is 46.9 Å². The Morgan fingerprint density at radius 2 is 1.86 bits per heavy atom. The number of fused-ring (bicyclic) bond motifs is 1. The predicted molar refractivity (Wildman–Crippen MR) is 114 cm³/mol. The maximum Gasteiger partial charge on any atom is 0.272 e. The van der Waals surface area contributed by atoms with Crippen LogP contribution in [-0.4, -0.2) is 22.2 Å². The van der Waals surface area contributed by atoms with Gasteiger partial charge in [-0.25, -0.2) is 4.68 Å². The summed E-state index contributed by atoms with van der Waals surface area (Å²) in [5.41, 5.74) is 3.65. The Labute approximate surface area is 176 Å². The lowest BCUT2D eigenvalue weighted by atomic mass is 9.87. The van der Waals surface area contributed by atoms with Crippen LogP contribution in [0.5, 0.6) is 0 Å². The van der Waals surface area contributed by atoms with Gasteiger partial charge in [0, 0.05) is 17.8 Å². The molecule has 2 aromatic rings. The standard InChI is InChI=1S/C22H27Cl2N3O/c23-18-11-10-16(14-19(18)24)27-20-9-5-4-8-17(20)21(26-27)22(28)25-13-12-15-6-2-1-3-7-15/h10-11,14-15H,1-9,12-13H2,(H,25,28). The molecule has 1 heterocycles. The molecule has 150 valence electrons. The zero-order valence-corrected chi connectivity index (χ0v) is 17.7. The van der Waals surface area contributed by atoms with Gasteiger partial charge in [0.1, 0.15) is 0 Å². The smallest absolute Gasteiger partial charge is 0.272 e. The van der Waals surface area contributed by atoms with Crippen LogP contribution in [-0.2, 0) is 12.8 Å². The minimum atomic E-state index is -0.0484. The maximum absolute atomic E-state index is 12.9. The van der Waals surface area contributed by atoms with E-state index in [1.807, 2.05) is 16.8 Å². The van der Waals surface area contributed by atoms with Crippen LogP contribution in [0.25, 0.3) is 5.69 Å². The van der Waals surface area contributed by atoms with E-state index in [2.05, 4.69) is 5.32 Å². The van der Waals surface area contributed by atoms with Crippen LogP contribution in [0.3, 0.4) is 0 Å². The average molecular weight is 420 g/mol. The van der Waals surface area contributed by atoms with Gasteiger partial charge in [0.05, 0.1) is 15.7 Å². The van der Waals surface area contributed by atoms with Crippen LogP contribution in [0, 0.1) is 5.92 Å². The minimum Gasteiger partial charge on any atom is -0.351 e. The van der Waals surface area contributed by atoms with E-state index in [-0.39, 0.29) is 5.91 Å². The molecular formula is C22H27Cl2N3O. The molecule has 1 amide bonds. The van der Waals surface area contributed by atoms with E-state index in [4.69, 9.17) is 28.3 Å². The van der Waals surface area contributed by atoms with Gasteiger partial charge in [-0.1, -0.05) is 55.3 Å². The third-order valence-corrected chi connectivity index (χ3v) is 6.84. The number of carbonyl (C=O) groups excluding carboxylic acids is 1. The highest BCUT2D eigenvalue weighted by molar-refractivity contribution is 6.42. The molecule has 2 aliphatic rings. The molecule has 0 bridgehead atoms. The Hall–Kier alpha value is -1.52. The number of rotatable bonds is 5. The molecule has 0 spiro atoms. The summed E-state index contributed by atoms with van der Waals surface area (Å²) in [4.78, 5) is 12.9.